The molecular formula is C17H20N2. The first kappa shape index (κ1) is 12.4. The number of nitrogens with zero attached hydrogens (tertiary/aromatic N) is 1. The summed E-state index contributed by atoms with van der Waals surface area (Å²) in [5.74, 6) is 0.731. The van der Waals surface area contributed by atoms with E-state index in [1.54, 1.807) is 0 Å². The number of hydrogen-bond donors (Lipinski definition) is 1. The molecule has 1 aromatic carbocycles. The lowest BCUT2D eigenvalue weighted by molar-refractivity contribution is 0.269. The molecular weight excluding hydrogens is 232 g/mol. The Balaban J connectivity index is 1.52. The van der Waals surface area contributed by atoms with Gasteiger partial charge in [-0.05, 0) is 43.4 Å². The maximum atomic E-state index is 4.40. The van der Waals surface area contributed by atoms with Crippen molar-refractivity contribution in [2.24, 2.45) is 0 Å². The van der Waals surface area contributed by atoms with Crippen LogP contribution < -0.4 is 5.32 Å². The second-order valence-corrected chi connectivity index (χ2v) is 5.42. The Morgan fingerprint density at radius 3 is 2.47 bits per heavy atom. The molecule has 0 radical (unpaired) electrons. The molecule has 2 aromatic rings. The Kier molecular flexibility index (Phi) is 3.60. The number of hydrogen-bond acceptors (Lipinski definition) is 2. The molecule has 2 heteroatoms. The maximum absolute atomic E-state index is 4.40. The summed E-state index contributed by atoms with van der Waals surface area (Å²) < 4.78 is 0. The van der Waals surface area contributed by atoms with Crippen molar-refractivity contribution >= 4 is 0 Å². The van der Waals surface area contributed by atoms with Crippen LogP contribution >= 0.6 is 0 Å². The van der Waals surface area contributed by atoms with E-state index < -0.39 is 0 Å². The van der Waals surface area contributed by atoms with Gasteiger partial charge in [0.1, 0.15) is 0 Å². The summed E-state index contributed by atoms with van der Waals surface area (Å²) in [5.41, 5.74) is 2.61. The number of nitrogens with one attached hydrogen (secondary N) is 1. The largest absolute Gasteiger partial charge is 0.306 e. The van der Waals surface area contributed by atoms with Gasteiger partial charge in [0.05, 0.1) is 5.69 Å². The zero-order valence-electron chi connectivity index (χ0n) is 11.3. The van der Waals surface area contributed by atoms with E-state index in [9.17, 15) is 0 Å². The quantitative estimate of drug-likeness (QED) is 0.898. The Morgan fingerprint density at radius 1 is 1.05 bits per heavy atom. The van der Waals surface area contributed by atoms with Gasteiger partial charge in [0, 0.05) is 18.3 Å². The van der Waals surface area contributed by atoms with Crippen molar-refractivity contribution in [3.63, 3.8) is 0 Å². The number of benzene rings is 1. The van der Waals surface area contributed by atoms with E-state index in [0.29, 0.717) is 12.1 Å². The predicted molar refractivity (Wildman–Crippen MR) is 78.0 cm³/mol. The monoisotopic (exact) mass is 252 g/mol. The van der Waals surface area contributed by atoms with Crippen molar-refractivity contribution in [3.05, 3.63) is 66.0 Å². The van der Waals surface area contributed by atoms with Crippen molar-refractivity contribution in [3.8, 4) is 0 Å². The van der Waals surface area contributed by atoms with Crippen LogP contribution in [0.25, 0.3) is 0 Å². The highest BCUT2D eigenvalue weighted by Crippen LogP contribution is 2.37. The predicted octanol–water partition coefficient (Wildman–Crippen LogP) is 3.68. The summed E-state index contributed by atoms with van der Waals surface area (Å²) in [6, 6.07) is 17.9. The first-order valence-electron chi connectivity index (χ1n) is 7.05. The Bertz CT molecular complexity index is 503. The molecule has 1 N–H and O–H groups in total. The summed E-state index contributed by atoms with van der Waals surface area (Å²) >= 11 is 0. The van der Waals surface area contributed by atoms with Gasteiger partial charge in [0.2, 0.25) is 0 Å². The number of aromatic nitrogens is 1. The Labute approximate surface area is 114 Å². The van der Waals surface area contributed by atoms with Gasteiger partial charge in [-0.25, -0.2) is 0 Å². The zero-order chi connectivity index (χ0) is 13.1. The van der Waals surface area contributed by atoms with Gasteiger partial charge < -0.3 is 5.32 Å². The van der Waals surface area contributed by atoms with Crippen LogP contribution in [-0.4, -0.2) is 11.0 Å². The molecule has 0 saturated heterocycles. The van der Waals surface area contributed by atoms with E-state index in [4.69, 9.17) is 0 Å². The van der Waals surface area contributed by atoms with Gasteiger partial charge >= 0.3 is 0 Å². The second-order valence-electron chi connectivity index (χ2n) is 5.42. The second kappa shape index (κ2) is 5.54. The molecule has 1 saturated carbocycles. The summed E-state index contributed by atoms with van der Waals surface area (Å²) in [6.07, 6.45) is 4.34. The lowest BCUT2D eigenvalue weighted by Gasteiger charge is -2.38. The standard InChI is InChI=1S/C17H20N2/c1-13(17-9-5-6-10-18-17)19-16-11-15(12-16)14-7-3-2-4-8-14/h2-10,13,15-16,19H,11-12H2,1H3/t13-,15?,16?/m0/s1. The van der Waals surface area contributed by atoms with Gasteiger partial charge in [-0.3, -0.25) is 4.98 Å². The fraction of sp³-hybridized carbons (Fsp3) is 0.353. The van der Waals surface area contributed by atoms with Gasteiger partial charge in [-0.1, -0.05) is 36.4 Å². The van der Waals surface area contributed by atoms with E-state index in [2.05, 4.69) is 53.6 Å². The third-order valence-electron chi connectivity index (χ3n) is 4.03. The van der Waals surface area contributed by atoms with Crippen LogP contribution in [0.1, 0.15) is 43.0 Å². The summed E-state index contributed by atoms with van der Waals surface area (Å²) in [4.78, 5) is 4.40. The van der Waals surface area contributed by atoms with E-state index in [1.807, 2.05) is 18.3 Å². The maximum Gasteiger partial charge on any atom is 0.0570 e. The normalized spacial score (nSPS) is 23.6. The fourth-order valence-electron chi connectivity index (χ4n) is 2.82. The molecule has 1 aliphatic rings. The van der Waals surface area contributed by atoms with Gasteiger partial charge in [0.25, 0.3) is 0 Å². The van der Waals surface area contributed by atoms with Crippen LogP contribution in [0.4, 0.5) is 0 Å². The molecule has 1 aromatic heterocycles. The number of pyridine rings is 1. The smallest absolute Gasteiger partial charge is 0.0570 e. The minimum Gasteiger partial charge on any atom is -0.306 e. The summed E-state index contributed by atoms with van der Waals surface area (Å²) in [6.45, 7) is 2.19. The van der Waals surface area contributed by atoms with E-state index in [-0.39, 0.29) is 0 Å². The minimum absolute atomic E-state index is 0.336. The lowest BCUT2D eigenvalue weighted by atomic mass is 9.75. The average Bonchev–Trinajstić information content (AvgIpc) is 2.44. The molecule has 1 heterocycles. The first-order valence-corrected chi connectivity index (χ1v) is 7.05. The van der Waals surface area contributed by atoms with Crippen molar-refractivity contribution in [1.29, 1.82) is 0 Å². The minimum atomic E-state index is 0.336. The van der Waals surface area contributed by atoms with Gasteiger partial charge in [0.15, 0.2) is 0 Å². The Hall–Kier alpha value is -1.67. The third-order valence-corrected chi connectivity index (χ3v) is 4.03. The van der Waals surface area contributed by atoms with Crippen LogP contribution in [0.2, 0.25) is 0 Å². The molecule has 98 valence electrons. The molecule has 1 atom stereocenters. The van der Waals surface area contributed by atoms with E-state index in [0.717, 1.165) is 11.6 Å². The Morgan fingerprint density at radius 2 is 1.79 bits per heavy atom. The summed E-state index contributed by atoms with van der Waals surface area (Å²) in [5, 5.41) is 3.67. The fourth-order valence-corrected chi connectivity index (χ4v) is 2.82. The summed E-state index contributed by atoms with van der Waals surface area (Å²) in [7, 11) is 0. The van der Waals surface area contributed by atoms with E-state index in [1.165, 1.54) is 18.4 Å². The SMILES string of the molecule is C[C@H](NC1CC(c2ccccc2)C1)c1ccccn1. The molecule has 19 heavy (non-hydrogen) atoms. The average molecular weight is 252 g/mol. The molecule has 3 rings (SSSR count). The molecule has 0 spiro atoms. The number of rotatable bonds is 4. The van der Waals surface area contributed by atoms with Crippen LogP contribution in [0.15, 0.2) is 54.7 Å². The van der Waals surface area contributed by atoms with Crippen molar-refractivity contribution < 1.29 is 0 Å². The molecule has 0 bridgehead atoms. The van der Waals surface area contributed by atoms with Crippen molar-refractivity contribution in [1.82, 2.24) is 10.3 Å². The first-order chi connectivity index (χ1) is 9.33. The highest BCUT2D eigenvalue weighted by Gasteiger charge is 2.30. The van der Waals surface area contributed by atoms with Gasteiger partial charge in [-0.15, -0.1) is 0 Å². The molecule has 0 amide bonds. The van der Waals surface area contributed by atoms with Crippen LogP contribution in [0, 0.1) is 0 Å². The van der Waals surface area contributed by atoms with Crippen LogP contribution in [0.5, 0.6) is 0 Å². The molecule has 0 aliphatic heterocycles. The van der Waals surface area contributed by atoms with E-state index >= 15 is 0 Å². The van der Waals surface area contributed by atoms with Gasteiger partial charge in [-0.2, -0.15) is 0 Å². The molecule has 0 unspecified atom stereocenters. The lowest BCUT2D eigenvalue weighted by Crippen LogP contribution is -2.41. The van der Waals surface area contributed by atoms with Crippen molar-refractivity contribution in [2.45, 2.75) is 37.8 Å². The molecule has 1 aliphatic carbocycles. The third kappa shape index (κ3) is 2.85. The zero-order valence-corrected chi connectivity index (χ0v) is 11.3. The topological polar surface area (TPSA) is 24.9 Å². The highest BCUT2D eigenvalue weighted by molar-refractivity contribution is 5.23. The van der Waals surface area contributed by atoms with Crippen molar-refractivity contribution in [2.75, 3.05) is 0 Å². The van der Waals surface area contributed by atoms with Crippen LogP contribution in [0.3, 0.4) is 0 Å². The van der Waals surface area contributed by atoms with Crippen LogP contribution in [-0.2, 0) is 0 Å². The molecule has 1 fully saturated rings. The highest BCUT2D eigenvalue weighted by atomic mass is 15.0. The molecule has 2 nitrogen and oxygen atoms in total.